The number of hydrogen-bond acceptors (Lipinski definition) is 3. The molecule has 1 aliphatic carbocycles. The van der Waals surface area contributed by atoms with Gasteiger partial charge in [-0.25, -0.2) is 0 Å². The summed E-state index contributed by atoms with van der Waals surface area (Å²) in [5, 5.41) is 2.33. The van der Waals surface area contributed by atoms with E-state index in [0.717, 1.165) is 62.0 Å². The highest BCUT2D eigenvalue weighted by Gasteiger charge is 2.23. The Bertz CT molecular complexity index is 1050. The van der Waals surface area contributed by atoms with Crippen molar-refractivity contribution < 1.29 is 9.53 Å². The summed E-state index contributed by atoms with van der Waals surface area (Å²) in [5.74, 6) is 1.79. The zero-order valence-electron chi connectivity index (χ0n) is 18.1. The summed E-state index contributed by atoms with van der Waals surface area (Å²) < 4.78 is 10.0. The molecule has 166 valence electrons. The van der Waals surface area contributed by atoms with Crippen LogP contribution in [0.3, 0.4) is 0 Å². The summed E-state index contributed by atoms with van der Waals surface area (Å²) in [5.41, 5.74) is 2.23. The van der Waals surface area contributed by atoms with Gasteiger partial charge in [-0.15, -0.1) is 0 Å². The van der Waals surface area contributed by atoms with Crippen molar-refractivity contribution in [2.75, 3.05) is 24.2 Å². The summed E-state index contributed by atoms with van der Waals surface area (Å²) in [6.45, 7) is 5.99. The average Bonchev–Trinajstić information content (AvgIpc) is 3.15. The van der Waals surface area contributed by atoms with E-state index >= 15 is 0 Å². The average molecular weight is 597 g/mol. The van der Waals surface area contributed by atoms with E-state index in [1.165, 1.54) is 28.2 Å². The molecular formula is C25H30BrIN2O2. The van der Waals surface area contributed by atoms with Gasteiger partial charge in [0.1, 0.15) is 10.4 Å². The van der Waals surface area contributed by atoms with Crippen molar-refractivity contribution in [1.82, 2.24) is 9.47 Å². The second-order valence-corrected chi connectivity index (χ2v) is 10.0. The molecule has 0 saturated carbocycles. The molecule has 0 bridgehead atoms. The number of ketones is 1. The molecule has 6 heteroatoms. The number of hydrogen-bond donors (Lipinski definition) is 0. The van der Waals surface area contributed by atoms with Crippen molar-refractivity contribution >= 4 is 54.9 Å². The Labute approximate surface area is 206 Å². The van der Waals surface area contributed by atoms with E-state index in [2.05, 4.69) is 84.5 Å². The first-order valence-corrected chi connectivity index (χ1v) is 13.5. The monoisotopic (exact) mass is 596 g/mol. The quantitative estimate of drug-likeness (QED) is 0.249. The topological polar surface area (TPSA) is 34.5 Å². The maximum absolute atomic E-state index is 12.1. The van der Waals surface area contributed by atoms with Crippen molar-refractivity contribution in [3.8, 4) is 5.75 Å². The third-order valence-electron chi connectivity index (χ3n) is 6.50. The van der Waals surface area contributed by atoms with E-state index in [4.69, 9.17) is 4.74 Å². The molecule has 1 saturated heterocycles. The number of carbonyl (C=O) groups excluding carboxylic acids is 1. The Hall–Kier alpha value is -1.12. The number of likely N-dealkylation sites (tertiary alicyclic amines) is 1. The highest BCUT2D eigenvalue weighted by Crippen LogP contribution is 2.34. The minimum atomic E-state index is 0.155. The van der Waals surface area contributed by atoms with Gasteiger partial charge in [0.05, 0.1) is 5.35 Å². The van der Waals surface area contributed by atoms with Crippen LogP contribution < -0.4 is 15.3 Å². The molecule has 0 unspecified atom stereocenters. The summed E-state index contributed by atoms with van der Waals surface area (Å²) in [6, 6.07) is 8.52. The minimum absolute atomic E-state index is 0.155. The lowest BCUT2D eigenvalue weighted by Gasteiger charge is -2.32. The molecule has 0 N–H and O–H groups in total. The van der Waals surface area contributed by atoms with E-state index in [1.54, 1.807) is 6.92 Å². The molecule has 31 heavy (non-hydrogen) atoms. The molecule has 0 atom stereocenters. The van der Waals surface area contributed by atoms with Gasteiger partial charge in [0.25, 0.3) is 0 Å². The molecule has 1 aromatic carbocycles. The van der Waals surface area contributed by atoms with Crippen molar-refractivity contribution in [2.24, 2.45) is 0 Å². The van der Waals surface area contributed by atoms with Crippen molar-refractivity contribution in [3.05, 3.63) is 52.2 Å². The van der Waals surface area contributed by atoms with E-state index in [9.17, 15) is 4.79 Å². The number of halogens is 2. The van der Waals surface area contributed by atoms with Crippen LogP contribution in [0.5, 0.6) is 5.75 Å². The number of para-hydroxylation sites is 1. The minimum Gasteiger partial charge on any atom is -0.483 e. The summed E-state index contributed by atoms with van der Waals surface area (Å²) in [6.07, 6.45) is 9.76. The van der Waals surface area contributed by atoms with Gasteiger partial charge in [-0.05, 0) is 98.8 Å². The SMILES string of the molecule is CC(=O)c1cn(CCCN2CCC(c3ccccc3OCI)CC2)c2c1=CCCC=2Br. The van der Waals surface area contributed by atoms with Crippen molar-refractivity contribution in [2.45, 2.75) is 51.5 Å². The lowest BCUT2D eigenvalue weighted by Crippen LogP contribution is -2.36. The van der Waals surface area contributed by atoms with E-state index < -0.39 is 0 Å². The zero-order valence-corrected chi connectivity index (χ0v) is 21.8. The Morgan fingerprint density at radius 2 is 2.00 bits per heavy atom. The number of aromatic nitrogens is 1. The van der Waals surface area contributed by atoms with Gasteiger partial charge in [-0.1, -0.05) is 40.2 Å². The molecule has 0 amide bonds. The van der Waals surface area contributed by atoms with Gasteiger partial charge in [0, 0.05) is 28.0 Å². The fourth-order valence-corrected chi connectivity index (χ4v) is 5.95. The zero-order chi connectivity index (χ0) is 21.8. The number of aryl methyl sites for hydroxylation is 1. The fourth-order valence-electron chi connectivity index (χ4n) is 4.94. The van der Waals surface area contributed by atoms with E-state index in [1.807, 2.05) is 0 Å². The molecule has 0 spiro atoms. The van der Waals surface area contributed by atoms with Gasteiger partial charge in [-0.3, -0.25) is 4.79 Å². The van der Waals surface area contributed by atoms with Crippen LogP contribution in [-0.2, 0) is 6.54 Å². The second kappa shape index (κ2) is 10.7. The summed E-state index contributed by atoms with van der Waals surface area (Å²) in [4.78, 5) is 14.7. The van der Waals surface area contributed by atoms with Crippen LogP contribution >= 0.6 is 38.5 Å². The molecule has 1 aliphatic heterocycles. The summed E-state index contributed by atoms with van der Waals surface area (Å²) in [7, 11) is 0. The van der Waals surface area contributed by atoms with E-state index in [-0.39, 0.29) is 5.78 Å². The van der Waals surface area contributed by atoms with Gasteiger partial charge < -0.3 is 14.2 Å². The molecule has 4 nitrogen and oxygen atoms in total. The number of piperidine rings is 1. The fraction of sp³-hybridized carbons (Fsp3) is 0.480. The Morgan fingerprint density at radius 3 is 2.74 bits per heavy atom. The highest BCUT2D eigenvalue weighted by atomic mass is 127. The number of benzene rings is 1. The third kappa shape index (κ3) is 5.28. The van der Waals surface area contributed by atoms with Crippen LogP contribution in [-0.4, -0.2) is 39.5 Å². The maximum Gasteiger partial charge on any atom is 0.161 e. The molecule has 0 radical (unpaired) electrons. The predicted molar refractivity (Wildman–Crippen MR) is 139 cm³/mol. The van der Waals surface area contributed by atoms with Crippen LogP contribution in [0.1, 0.15) is 60.9 Å². The van der Waals surface area contributed by atoms with Crippen LogP contribution in [0, 0.1) is 0 Å². The van der Waals surface area contributed by atoms with Crippen LogP contribution in [0.25, 0.3) is 10.6 Å². The molecule has 2 heterocycles. The number of nitrogens with zero attached hydrogens (tertiary/aromatic N) is 2. The normalized spacial score (nSPS) is 17.3. The number of carbonyl (C=O) groups is 1. The molecule has 2 aliphatic rings. The van der Waals surface area contributed by atoms with Crippen molar-refractivity contribution in [1.29, 1.82) is 0 Å². The third-order valence-corrected chi connectivity index (χ3v) is 7.58. The smallest absolute Gasteiger partial charge is 0.161 e. The van der Waals surface area contributed by atoms with Crippen LogP contribution in [0.15, 0.2) is 30.5 Å². The Morgan fingerprint density at radius 1 is 1.23 bits per heavy atom. The first-order valence-electron chi connectivity index (χ1n) is 11.2. The highest BCUT2D eigenvalue weighted by molar-refractivity contribution is 14.1. The number of alkyl halides is 1. The second-order valence-electron chi connectivity index (χ2n) is 8.46. The largest absolute Gasteiger partial charge is 0.483 e. The Balaban J connectivity index is 1.35. The molecule has 1 fully saturated rings. The van der Waals surface area contributed by atoms with Gasteiger partial charge in [-0.2, -0.15) is 0 Å². The van der Waals surface area contributed by atoms with Gasteiger partial charge in [0.15, 0.2) is 5.78 Å². The lowest BCUT2D eigenvalue weighted by molar-refractivity contribution is 0.101. The predicted octanol–water partition coefficient (Wildman–Crippen LogP) is 4.81. The van der Waals surface area contributed by atoms with Gasteiger partial charge in [0.2, 0.25) is 0 Å². The first-order chi connectivity index (χ1) is 15.1. The summed E-state index contributed by atoms with van der Waals surface area (Å²) >= 11 is 6.02. The first kappa shape index (κ1) is 23.1. The van der Waals surface area contributed by atoms with Crippen LogP contribution in [0.4, 0.5) is 0 Å². The van der Waals surface area contributed by atoms with E-state index in [0.29, 0.717) is 10.5 Å². The lowest BCUT2D eigenvalue weighted by atomic mass is 9.89. The van der Waals surface area contributed by atoms with Gasteiger partial charge >= 0.3 is 0 Å². The van der Waals surface area contributed by atoms with Crippen LogP contribution in [0.2, 0.25) is 0 Å². The number of fused-ring (bicyclic) bond motifs is 1. The maximum atomic E-state index is 12.1. The van der Waals surface area contributed by atoms with Crippen molar-refractivity contribution in [3.63, 3.8) is 0 Å². The molecule has 1 aromatic heterocycles. The number of Topliss-reactive ketones (excluding diaryl/α,β-unsaturated/α-hetero) is 1. The Kier molecular flexibility index (Phi) is 7.93. The molecular weight excluding hydrogens is 567 g/mol. The molecule has 4 rings (SSSR count). The number of ether oxygens (including phenoxy) is 1. The molecule has 2 aromatic rings. The number of rotatable bonds is 8. The standard InChI is InChI=1S/C25H30BrIN2O2/c1-18(30)22-16-29(25-21(22)7-4-8-23(25)26)13-5-12-28-14-10-19(11-15-28)20-6-2-3-9-24(20)31-17-27/h2-3,6-7,9,16,19H,4-5,8,10-15,17H2,1H3.